The normalized spacial score (nSPS) is 50.9. The quantitative estimate of drug-likeness (QED) is 0.475. The van der Waals surface area contributed by atoms with Crippen LogP contribution in [0, 0.1) is 11.8 Å². The summed E-state index contributed by atoms with van der Waals surface area (Å²) in [6.07, 6.45) is 7.73. The highest BCUT2D eigenvalue weighted by Gasteiger charge is 2.57. The predicted molar refractivity (Wildman–Crippen MR) is 97.5 cm³/mol. The predicted octanol–water partition coefficient (Wildman–Crippen LogP) is 2.68. The van der Waals surface area contributed by atoms with Gasteiger partial charge in [-0.1, -0.05) is 0 Å². The monoisotopic (exact) mass is 382 g/mol. The van der Waals surface area contributed by atoms with Crippen LogP contribution < -0.4 is 0 Å². The molecule has 154 valence electrons. The Hall–Kier alpha value is -0.240. The molecule has 27 heavy (non-hydrogen) atoms. The molecule has 0 aromatic heterocycles. The van der Waals surface area contributed by atoms with Crippen molar-refractivity contribution in [3.8, 4) is 0 Å². The highest BCUT2D eigenvalue weighted by Crippen LogP contribution is 2.51. The van der Waals surface area contributed by atoms with E-state index >= 15 is 0 Å². The fourth-order valence-electron chi connectivity index (χ4n) is 5.18. The Morgan fingerprint density at radius 2 is 1.59 bits per heavy atom. The van der Waals surface area contributed by atoms with Crippen LogP contribution >= 0.6 is 0 Å². The van der Waals surface area contributed by atoms with Gasteiger partial charge in [-0.15, -0.1) is 0 Å². The third-order valence-electron chi connectivity index (χ3n) is 7.38. The molecule has 2 aliphatic carbocycles. The maximum Gasteiger partial charge on any atom is 0.161 e. The van der Waals surface area contributed by atoms with Crippen LogP contribution in [0.1, 0.15) is 52.4 Å². The first-order chi connectivity index (χ1) is 13.0. The number of epoxide rings is 2. The average Bonchev–Trinajstić information content (AvgIpc) is 3.45. The maximum absolute atomic E-state index is 6.07. The highest BCUT2D eigenvalue weighted by atomic mass is 16.7. The Labute approximate surface area is 162 Å². The van der Waals surface area contributed by atoms with Crippen LogP contribution in [0.25, 0.3) is 0 Å². The van der Waals surface area contributed by atoms with E-state index in [-0.39, 0.29) is 23.6 Å². The number of fused-ring (bicyclic) bond motifs is 2. The van der Waals surface area contributed by atoms with E-state index in [0.29, 0.717) is 50.5 Å². The summed E-state index contributed by atoms with van der Waals surface area (Å²) in [6, 6.07) is 0. The van der Waals surface area contributed by atoms with Gasteiger partial charge in [0.25, 0.3) is 0 Å². The fourth-order valence-corrected chi connectivity index (χ4v) is 5.18. The first-order valence-electron chi connectivity index (χ1n) is 10.8. The summed E-state index contributed by atoms with van der Waals surface area (Å²) in [7, 11) is 0. The zero-order valence-electron chi connectivity index (χ0n) is 16.7. The van der Waals surface area contributed by atoms with E-state index in [0.717, 1.165) is 32.3 Å². The van der Waals surface area contributed by atoms with E-state index in [1.165, 1.54) is 12.8 Å². The van der Waals surface area contributed by atoms with Crippen molar-refractivity contribution in [2.45, 2.75) is 88.2 Å². The largest absolute Gasteiger partial charge is 0.379 e. The fraction of sp³-hybridized carbons (Fsp3) is 1.00. The molecule has 5 fully saturated rings. The Morgan fingerprint density at radius 1 is 0.889 bits per heavy atom. The molecule has 8 unspecified atom stereocenters. The zero-order valence-corrected chi connectivity index (χ0v) is 16.7. The number of rotatable bonds is 8. The van der Waals surface area contributed by atoms with Crippen molar-refractivity contribution in [3.63, 3.8) is 0 Å². The second kappa shape index (κ2) is 7.22. The highest BCUT2D eigenvalue weighted by molar-refractivity contribution is 5.04. The van der Waals surface area contributed by atoms with Crippen LogP contribution in [0.15, 0.2) is 0 Å². The van der Waals surface area contributed by atoms with Crippen LogP contribution in [0.4, 0.5) is 0 Å². The third kappa shape index (κ3) is 4.07. The van der Waals surface area contributed by atoms with Crippen molar-refractivity contribution in [1.29, 1.82) is 0 Å². The molecular weight excluding hydrogens is 348 g/mol. The minimum Gasteiger partial charge on any atom is -0.379 e. The van der Waals surface area contributed by atoms with Gasteiger partial charge < -0.3 is 28.4 Å². The van der Waals surface area contributed by atoms with E-state index in [1.54, 1.807) is 0 Å². The molecule has 5 aliphatic rings. The van der Waals surface area contributed by atoms with Gasteiger partial charge >= 0.3 is 0 Å². The molecule has 0 radical (unpaired) electrons. The molecule has 0 N–H and O–H groups in total. The van der Waals surface area contributed by atoms with Crippen molar-refractivity contribution in [2.75, 3.05) is 33.0 Å². The Balaban J connectivity index is 0.913. The molecule has 3 saturated heterocycles. The third-order valence-corrected chi connectivity index (χ3v) is 7.38. The molecule has 0 aromatic rings. The van der Waals surface area contributed by atoms with Gasteiger partial charge in [0.1, 0.15) is 6.10 Å². The van der Waals surface area contributed by atoms with Gasteiger partial charge in [0.15, 0.2) is 6.29 Å². The summed E-state index contributed by atoms with van der Waals surface area (Å²) >= 11 is 0. The number of hydrogen-bond donors (Lipinski definition) is 0. The first-order valence-corrected chi connectivity index (χ1v) is 10.8. The SMILES string of the molecule is CC12CCC(COCCOCC3COC(C4CCC5(C)OC5C4)O3)CC1O2. The lowest BCUT2D eigenvalue weighted by atomic mass is 9.82. The smallest absolute Gasteiger partial charge is 0.161 e. The summed E-state index contributed by atoms with van der Waals surface area (Å²) in [4.78, 5) is 0. The second-order valence-electron chi connectivity index (χ2n) is 9.62. The molecule has 3 aliphatic heterocycles. The van der Waals surface area contributed by atoms with E-state index in [1.807, 2.05) is 0 Å². The molecule has 8 atom stereocenters. The van der Waals surface area contributed by atoms with Crippen molar-refractivity contribution >= 4 is 0 Å². The van der Waals surface area contributed by atoms with Gasteiger partial charge in [0, 0.05) is 12.5 Å². The lowest BCUT2D eigenvalue weighted by Gasteiger charge is -2.26. The summed E-state index contributed by atoms with van der Waals surface area (Å²) in [5.74, 6) is 1.11. The summed E-state index contributed by atoms with van der Waals surface area (Å²) in [5, 5.41) is 0. The van der Waals surface area contributed by atoms with Crippen LogP contribution in [-0.4, -0.2) is 68.8 Å². The molecule has 6 nitrogen and oxygen atoms in total. The summed E-state index contributed by atoms with van der Waals surface area (Å²) in [5.41, 5.74) is 0.352. The van der Waals surface area contributed by atoms with E-state index in [4.69, 9.17) is 28.4 Å². The molecule has 0 bridgehead atoms. The van der Waals surface area contributed by atoms with Crippen LogP contribution in [0.3, 0.4) is 0 Å². The molecule has 6 heteroatoms. The lowest BCUT2D eigenvalue weighted by molar-refractivity contribution is -0.113. The lowest BCUT2D eigenvalue weighted by Crippen LogP contribution is -2.31. The second-order valence-corrected chi connectivity index (χ2v) is 9.62. The van der Waals surface area contributed by atoms with Gasteiger partial charge in [-0.2, -0.15) is 0 Å². The van der Waals surface area contributed by atoms with E-state index in [2.05, 4.69) is 13.8 Å². The molecule has 0 aromatic carbocycles. The minimum absolute atomic E-state index is 0.0477. The van der Waals surface area contributed by atoms with E-state index in [9.17, 15) is 0 Å². The summed E-state index contributed by atoms with van der Waals surface area (Å²) < 4.78 is 35.1. The van der Waals surface area contributed by atoms with Crippen molar-refractivity contribution in [3.05, 3.63) is 0 Å². The molecule has 0 spiro atoms. The maximum atomic E-state index is 6.07. The van der Waals surface area contributed by atoms with Gasteiger partial charge in [0.05, 0.1) is 49.8 Å². The topological polar surface area (TPSA) is 62.0 Å². The Morgan fingerprint density at radius 3 is 2.33 bits per heavy atom. The Bertz CT molecular complexity index is 543. The van der Waals surface area contributed by atoms with Crippen molar-refractivity contribution < 1.29 is 28.4 Å². The molecular formula is C21H34O6. The molecule has 3 heterocycles. The average molecular weight is 382 g/mol. The van der Waals surface area contributed by atoms with Gasteiger partial charge in [0.2, 0.25) is 0 Å². The van der Waals surface area contributed by atoms with Crippen LogP contribution in [0.2, 0.25) is 0 Å². The van der Waals surface area contributed by atoms with Crippen molar-refractivity contribution in [2.24, 2.45) is 11.8 Å². The molecule has 2 saturated carbocycles. The summed E-state index contributed by atoms with van der Waals surface area (Å²) in [6.45, 7) is 7.76. The van der Waals surface area contributed by atoms with Crippen molar-refractivity contribution in [1.82, 2.24) is 0 Å². The van der Waals surface area contributed by atoms with Gasteiger partial charge in [-0.25, -0.2) is 0 Å². The minimum atomic E-state index is -0.0785. The van der Waals surface area contributed by atoms with E-state index < -0.39 is 0 Å². The van der Waals surface area contributed by atoms with Gasteiger partial charge in [-0.3, -0.25) is 0 Å². The van der Waals surface area contributed by atoms with Crippen LogP contribution in [0.5, 0.6) is 0 Å². The number of hydrogen-bond acceptors (Lipinski definition) is 6. The molecule has 5 rings (SSSR count). The Kier molecular flexibility index (Phi) is 5.02. The zero-order chi connectivity index (χ0) is 18.5. The van der Waals surface area contributed by atoms with Gasteiger partial charge in [-0.05, 0) is 58.3 Å². The standard InChI is InChI=1S/C21H34O6/c1-20-5-3-14(9-17(20)26-20)11-22-7-8-23-12-16-13-24-19(25-16)15-4-6-21(2)18(10-15)27-21/h14-19H,3-13H2,1-2H3. The molecule has 0 amide bonds. The first kappa shape index (κ1) is 18.8. The number of ether oxygens (including phenoxy) is 6. The van der Waals surface area contributed by atoms with Crippen LogP contribution in [-0.2, 0) is 28.4 Å².